The van der Waals surface area contributed by atoms with Crippen LogP contribution in [0.25, 0.3) is 0 Å². The van der Waals surface area contributed by atoms with Crippen molar-refractivity contribution in [1.29, 1.82) is 0 Å². The molecule has 0 heterocycles. The van der Waals surface area contributed by atoms with Crippen molar-refractivity contribution in [3.8, 4) is 0 Å². The summed E-state index contributed by atoms with van der Waals surface area (Å²) in [6.07, 6.45) is 0. The Morgan fingerprint density at radius 1 is 0.864 bits per heavy atom. The van der Waals surface area contributed by atoms with Gasteiger partial charge in [0, 0.05) is 11.8 Å². The van der Waals surface area contributed by atoms with E-state index >= 15 is 0 Å². The highest BCUT2D eigenvalue weighted by Crippen LogP contribution is 2.24. The first-order valence-electron chi connectivity index (χ1n) is 6.28. The Morgan fingerprint density at radius 2 is 1.45 bits per heavy atom. The molecule has 0 atom stereocenters. The van der Waals surface area contributed by atoms with Crippen molar-refractivity contribution < 1.29 is 17.6 Å². The second-order valence-corrected chi connectivity index (χ2v) is 5.13. The molecular weight excluding hydrogens is 316 g/mol. The topological polar surface area (TPSA) is 24.1 Å². The number of anilines is 2. The molecule has 2 N–H and O–H groups in total. The van der Waals surface area contributed by atoms with Crippen LogP contribution in [0.2, 0.25) is 0 Å². The Kier molecular flexibility index (Phi) is 4.65. The summed E-state index contributed by atoms with van der Waals surface area (Å²) in [7, 11) is 0. The fourth-order valence-corrected chi connectivity index (χ4v) is 2.00. The van der Waals surface area contributed by atoms with Gasteiger partial charge in [0.2, 0.25) is 0 Å². The first kappa shape index (κ1) is 16.2. The minimum atomic E-state index is -1.54. The van der Waals surface area contributed by atoms with E-state index in [0.29, 0.717) is 5.69 Å². The van der Waals surface area contributed by atoms with Crippen molar-refractivity contribution in [2.75, 3.05) is 10.6 Å². The number of rotatable bonds is 2. The minimum Gasteiger partial charge on any atom is -0.332 e. The van der Waals surface area contributed by atoms with E-state index in [1.165, 1.54) is 0 Å². The van der Waals surface area contributed by atoms with Crippen LogP contribution in [0.4, 0.5) is 28.9 Å². The van der Waals surface area contributed by atoms with Crippen molar-refractivity contribution in [1.82, 2.24) is 0 Å². The van der Waals surface area contributed by atoms with Crippen molar-refractivity contribution in [2.45, 2.75) is 13.8 Å². The van der Waals surface area contributed by atoms with Gasteiger partial charge in [-0.15, -0.1) is 0 Å². The SMILES string of the molecule is Cc1ccc(NC(=S)Nc2c(F)c(F)cc(F)c2F)cc1C. The lowest BCUT2D eigenvalue weighted by Gasteiger charge is -2.13. The summed E-state index contributed by atoms with van der Waals surface area (Å²) in [4.78, 5) is 0. The minimum absolute atomic E-state index is 0.135. The van der Waals surface area contributed by atoms with Crippen LogP contribution >= 0.6 is 12.2 Å². The molecule has 0 amide bonds. The third-order valence-electron chi connectivity index (χ3n) is 3.12. The summed E-state index contributed by atoms with van der Waals surface area (Å²) in [6, 6.07) is 5.47. The van der Waals surface area contributed by atoms with Crippen molar-refractivity contribution >= 4 is 28.7 Å². The van der Waals surface area contributed by atoms with E-state index < -0.39 is 29.0 Å². The van der Waals surface area contributed by atoms with Gasteiger partial charge in [-0.25, -0.2) is 17.6 Å². The molecule has 0 radical (unpaired) electrons. The lowest BCUT2D eigenvalue weighted by Crippen LogP contribution is -2.21. The van der Waals surface area contributed by atoms with Gasteiger partial charge in [-0.05, 0) is 49.3 Å². The molecule has 2 nitrogen and oxygen atoms in total. The van der Waals surface area contributed by atoms with Crippen molar-refractivity contribution in [3.63, 3.8) is 0 Å². The molecule has 0 aliphatic carbocycles. The highest BCUT2D eigenvalue weighted by molar-refractivity contribution is 7.80. The molecule has 0 saturated carbocycles. The number of halogens is 4. The zero-order valence-corrected chi connectivity index (χ0v) is 12.5. The number of benzene rings is 2. The molecule has 0 aliphatic rings. The van der Waals surface area contributed by atoms with Crippen LogP contribution in [0, 0.1) is 37.1 Å². The fraction of sp³-hybridized carbons (Fsp3) is 0.133. The highest BCUT2D eigenvalue weighted by atomic mass is 32.1. The van der Waals surface area contributed by atoms with Crippen LogP contribution in [0.3, 0.4) is 0 Å². The van der Waals surface area contributed by atoms with E-state index in [4.69, 9.17) is 12.2 Å². The summed E-state index contributed by atoms with van der Waals surface area (Å²) in [6.45, 7) is 3.81. The quantitative estimate of drug-likeness (QED) is 0.476. The Bertz CT molecular complexity index is 721. The Labute approximate surface area is 130 Å². The maximum atomic E-state index is 13.5. The van der Waals surface area contributed by atoms with Gasteiger partial charge in [0.15, 0.2) is 28.4 Å². The van der Waals surface area contributed by atoms with Gasteiger partial charge in [0.05, 0.1) is 0 Å². The standard InChI is InChI=1S/C15H12F4N2S/c1-7-3-4-9(5-8(7)2)20-15(22)21-14-12(18)10(16)6-11(17)13(14)19/h3-6H,1-2H3,(H2,20,21,22). The number of nitrogens with one attached hydrogen (secondary N) is 2. The van der Waals surface area contributed by atoms with Gasteiger partial charge in [0.1, 0.15) is 5.69 Å². The Balaban J connectivity index is 2.21. The smallest absolute Gasteiger partial charge is 0.185 e. The van der Waals surface area contributed by atoms with Gasteiger partial charge in [0.25, 0.3) is 0 Å². The first-order chi connectivity index (χ1) is 10.3. The fourth-order valence-electron chi connectivity index (χ4n) is 1.78. The predicted molar refractivity (Wildman–Crippen MR) is 82.0 cm³/mol. The zero-order chi connectivity index (χ0) is 16.4. The maximum absolute atomic E-state index is 13.5. The van der Waals surface area contributed by atoms with Gasteiger partial charge in [-0.1, -0.05) is 6.07 Å². The molecule has 2 rings (SSSR count). The van der Waals surface area contributed by atoms with Gasteiger partial charge < -0.3 is 10.6 Å². The molecule has 0 fully saturated rings. The van der Waals surface area contributed by atoms with Crippen LogP contribution < -0.4 is 10.6 Å². The Morgan fingerprint density at radius 3 is 2.00 bits per heavy atom. The van der Waals surface area contributed by atoms with Gasteiger partial charge in [-0.2, -0.15) is 0 Å². The molecule has 0 saturated heterocycles. The van der Waals surface area contributed by atoms with E-state index in [9.17, 15) is 17.6 Å². The number of hydrogen-bond acceptors (Lipinski definition) is 1. The normalized spacial score (nSPS) is 10.5. The van der Waals surface area contributed by atoms with E-state index in [0.717, 1.165) is 11.1 Å². The van der Waals surface area contributed by atoms with Gasteiger partial charge in [-0.3, -0.25) is 0 Å². The molecule has 2 aromatic carbocycles. The van der Waals surface area contributed by atoms with E-state index in [1.807, 2.05) is 19.9 Å². The molecule has 0 bridgehead atoms. The average molecular weight is 328 g/mol. The summed E-state index contributed by atoms with van der Waals surface area (Å²) in [5.74, 6) is -6.09. The number of thiocarbonyl (C=S) groups is 1. The molecule has 0 unspecified atom stereocenters. The molecule has 2 aromatic rings. The summed E-state index contributed by atoms with van der Waals surface area (Å²) >= 11 is 4.90. The second-order valence-electron chi connectivity index (χ2n) is 4.72. The first-order valence-corrected chi connectivity index (χ1v) is 6.68. The lowest BCUT2D eigenvalue weighted by molar-refractivity contribution is 0.459. The van der Waals surface area contributed by atoms with Crippen LogP contribution in [-0.2, 0) is 0 Å². The molecule has 7 heteroatoms. The second kappa shape index (κ2) is 6.31. The molecule has 116 valence electrons. The number of hydrogen-bond donors (Lipinski definition) is 2. The van der Waals surface area contributed by atoms with Crippen molar-refractivity contribution in [3.05, 3.63) is 58.7 Å². The lowest BCUT2D eigenvalue weighted by atomic mass is 10.1. The van der Waals surface area contributed by atoms with Crippen LogP contribution in [-0.4, -0.2) is 5.11 Å². The molecule has 0 aromatic heterocycles. The summed E-state index contributed by atoms with van der Waals surface area (Å²) in [5, 5.41) is 4.64. The third-order valence-corrected chi connectivity index (χ3v) is 3.32. The largest absolute Gasteiger partial charge is 0.332 e. The monoisotopic (exact) mass is 328 g/mol. The molecule has 22 heavy (non-hydrogen) atoms. The van der Waals surface area contributed by atoms with Crippen LogP contribution in [0.1, 0.15) is 11.1 Å². The van der Waals surface area contributed by atoms with Crippen molar-refractivity contribution in [2.24, 2.45) is 0 Å². The Hall–Kier alpha value is -2.15. The van der Waals surface area contributed by atoms with E-state index in [-0.39, 0.29) is 11.2 Å². The average Bonchev–Trinajstić information content (AvgIpc) is 2.45. The van der Waals surface area contributed by atoms with Crippen LogP contribution in [0.15, 0.2) is 24.3 Å². The molecular formula is C15H12F4N2S. The summed E-state index contributed by atoms with van der Waals surface area (Å²) < 4.78 is 53.3. The predicted octanol–water partition coefficient (Wildman–Crippen LogP) is 4.67. The maximum Gasteiger partial charge on any atom is 0.185 e. The molecule has 0 aliphatic heterocycles. The van der Waals surface area contributed by atoms with Gasteiger partial charge >= 0.3 is 0 Å². The third kappa shape index (κ3) is 3.36. The van der Waals surface area contributed by atoms with E-state index in [2.05, 4.69) is 10.6 Å². The summed E-state index contributed by atoms with van der Waals surface area (Å²) in [5.41, 5.74) is 1.66. The molecule has 0 spiro atoms. The van der Waals surface area contributed by atoms with Crippen LogP contribution in [0.5, 0.6) is 0 Å². The highest BCUT2D eigenvalue weighted by Gasteiger charge is 2.19. The number of aryl methyl sites for hydroxylation is 2. The zero-order valence-electron chi connectivity index (χ0n) is 11.7. The van der Waals surface area contributed by atoms with E-state index in [1.54, 1.807) is 12.1 Å².